The van der Waals surface area contributed by atoms with Crippen molar-refractivity contribution >= 4 is 21.7 Å². The molecule has 80 valence electrons. The van der Waals surface area contributed by atoms with E-state index in [1.54, 1.807) is 6.07 Å². The maximum atomic E-state index is 11.4. The Morgan fingerprint density at radius 3 is 2.71 bits per heavy atom. The largest absolute Gasteiger partial charge is 0.422 e. The number of benzene rings is 2. The average molecular weight is 221 g/mol. The first-order valence-corrected chi connectivity index (χ1v) is 5.15. The summed E-state index contributed by atoms with van der Waals surface area (Å²) in [4.78, 5) is 11.4. The lowest BCUT2D eigenvalue weighted by atomic mass is 10.0. The molecule has 0 aliphatic rings. The molecule has 0 unspecified atom stereocenters. The number of nitrogens with zero attached hydrogens (tertiary/aromatic N) is 1. The summed E-state index contributed by atoms with van der Waals surface area (Å²) in [5, 5.41) is 11.5. The van der Waals surface area contributed by atoms with Crippen LogP contribution in [0.2, 0.25) is 0 Å². The highest BCUT2D eigenvalue weighted by atomic mass is 16.4. The van der Waals surface area contributed by atoms with Gasteiger partial charge in [0.1, 0.15) is 11.7 Å². The molecular formula is C14H7NO2. The lowest BCUT2D eigenvalue weighted by molar-refractivity contribution is 0.563. The molecule has 17 heavy (non-hydrogen) atoms. The number of hydrogen-bond acceptors (Lipinski definition) is 3. The summed E-state index contributed by atoms with van der Waals surface area (Å²) in [5.74, 6) is 0. The van der Waals surface area contributed by atoms with Gasteiger partial charge in [-0.3, -0.25) is 0 Å². The van der Waals surface area contributed by atoms with Gasteiger partial charge in [0, 0.05) is 16.8 Å². The van der Waals surface area contributed by atoms with Crippen molar-refractivity contribution in [2.75, 3.05) is 0 Å². The molecule has 0 saturated heterocycles. The fourth-order valence-electron chi connectivity index (χ4n) is 1.98. The molecule has 0 aliphatic carbocycles. The maximum absolute atomic E-state index is 11.4. The van der Waals surface area contributed by atoms with Crippen LogP contribution in [0.4, 0.5) is 0 Å². The van der Waals surface area contributed by atoms with Crippen LogP contribution in [0.1, 0.15) is 5.56 Å². The average Bonchev–Trinajstić information content (AvgIpc) is 2.37. The van der Waals surface area contributed by atoms with Crippen molar-refractivity contribution in [1.82, 2.24) is 0 Å². The zero-order valence-electron chi connectivity index (χ0n) is 8.81. The number of hydrogen-bond donors (Lipinski definition) is 0. The van der Waals surface area contributed by atoms with Gasteiger partial charge in [-0.1, -0.05) is 30.3 Å². The maximum Gasteiger partial charge on any atom is 0.337 e. The zero-order chi connectivity index (χ0) is 11.8. The molecule has 0 amide bonds. The summed E-state index contributed by atoms with van der Waals surface area (Å²) >= 11 is 0. The fraction of sp³-hybridized carbons (Fsp3) is 0. The molecule has 3 aromatic rings. The molecule has 3 heteroatoms. The van der Waals surface area contributed by atoms with E-state index < -0.39 is 5.63 Å². The van der Waals surface area contributed by atoms with Crippen LogP contribution < -0.4 is 5.63 Å². The molecule has 0 radical (unpaired) electrons. The van der Waals surface area contributed by atoms with Crippen LogP contribution in [-0.2, 0) is 0 Å². The second kappa shape index (κ2) is 3.46. The van der Waals surface area contributed by atoms with E-state index >= 15 is 0 Å². The smallest absolute Gasteiger partial charge is 0.337 e. The Bertz CT molecular complexity index is 825. The Morgan fingerprint density at radius 1 is 1.06 bits per heavy atom. The zero-order valence-corrected chi connectivity index (χ0v) is 8.81. The molecule has 0 atom stereocenters. The molecule has 0 bridgehead atoms. The van der Waals surface area contributed by atoms with Gasteiger partial charge in [-0.05, 0) is 11.5 Å². The SMILES string of the molecule is N#Cc1cc(=O)oc2c1ccc1ccccc12. The molecule has 0 N–H and O–H groups in total. The highest BCUT2D eigenvalue weighted by Gasteiger charge is 2.07. The predicted octanol–water partition coefficient (Wildman–Crippen LogP) is 2.82. The van der Waals surface area contributed by atoms with Gasteiger partial charge in [0.2, 0.25) is 0 Å². The molecule has 3 nitrogen and oxygen atoms in total. The Balaban J connectivity index is 2.64. The first-order chi connectivity index (χ1) is 8.29. The van der Waals surface area contributed by atoms with Gasteiger partial charge in [0.15, 0.2) is 0 Å². The highest BCUT2D eigenvalue weighted by molar-refractivity contribution is 6.05. The van der Waals surface area contributed by atoms with Crippen LogP contribution in [0.5, 0.6) is 0 Å². The van der Waals surface area contributed by atoms with Gasteiger partial charge in [0.25, 0.3) is 0 Å². The van der Waals surface area contributed by atoms with Gasteiger partial charge >= 0.3 is 5.63 Å². The van der Waals surface area contributed by atoms with E-state index in [9.17, 15) is 4.79 Å². The third-order valence-electron chi connectivity index (χ3n) is 2.76. The van der Waals surface area contributed by atoms with Gasteiger partial charge < -0.3 is 4.42 Å². The Labute approximate surface area is 96.5 Å². The highest BCUT2D eigenvalue weighted by Crippen LogP contribution is 2.25. The van der Waals surface area contributed by atoms with Gasteiger partial charge in [-0.2, -0.15) is 5.26 Å². The molecule has 1 heterocycles. The van der Waals surface area contributed by atoms with E-state index in [2.05, 4.69) is 0 Å². The first-order valence-electron chi connectivity index (χ1n) is 5.15. The van der Waals surface area contributed by atoms with Crippen LogP contribution in [0.25, 0.3) is 21.7 Å². The van der Waals surface area contributed by atoms with Crippen molar-refractivity contribution in [2.45, 2.75) is 0 Å². The molecule has 0 aliphatic heterocycles. The van der Waals surface area contributed by atoms with Gasteiger partial charge in [-0.15, -0.1) is 0 Å². The Morgan fingerprint density at radius 2 is 1.88 bits per heavy atom. The minimum atomic E-state index is -0.495. The summed E-state index contributed by atoms with van der Waals surface area (Å²) in [6, 6.07) is 14.6. The summed E-state index contributed by atoms with van der Waals surface area (Å²) in [7, 11) is 0. The Hall–Kier alpha value is -2.60. The number of nitriles is 1. The van der Waals surface area contributed by atoms with Crippen LogP contribution in [0, 0.1) is 11.3 Å². The van der Waals surface area contributed by atoms with Crippen molar-refractivity contribution in [2.24, 2.45) is 0 Å². The fourth-order valence-corrected chi connectivity index (χ4v) is 1.98. The van der Waals surface area contributed by atoms with Crippen LogP contribution in [-0.4, -0.2) is 0 Å². The third kappa shape index (κ3) is 1.39. The van der Waals surface area contributed by atoms with E-state index in [0.29, 0.717) is 16.5 Å². The Kier molecular flexibility index (Phi) is 1.96. The van der Waals surface area contributed by atoms with E-state index in [0.717, 1.165) is 10.8 Å². The quantitative estimate of drug-likeness (QED) is 0.433. The first kappa shape index (κ1) is 9.61. The molecule has 0 spiro atoms. The number of rotatable bonds is 0. The molecule has 0 fully saturated rings. The molecule has 2 aromatic carbocycles. The van der Waals surface area contributed by atoms with Crippen LogP contribution in [0.15, 0.2) is 51.7 Å². The summed E-state index contributed by atoms with van der Waals surface area (Å²) in [5.41, 5.74) is 0.333. The monoisotopic (exact) mass is 221 g/mol. The van der Waals surface area contributed by atoms with Crippen molar-refractivity contribution in [3.05, 3.63) is 58.4 Å². The summed E-state index contributed by atoms with van der Waals surface area (Å²) in [6.07, 6.45) is 0. The summed E-state index contributed by atoms with van der Waals surface area (Å²) < 4.78 is 5.21. The van der Waals surface area contributed by atoms with Crippen LogP contribution in [0.3, 0.4) is 0 Å². The molecule has 3 rings (SSSR count). The minimum Gasteiger partial charge on any atom is -0.422 e. The van der Waals surface area contributed by atoms with E-state index in [4.69, 9.17) is 9.68 Å². The van der Waals surface area contributed by atoms with Gasteiger partial charge in [0.05, 0.1) is 5.56 Å². The summed E-state index contributed by atoms with van der Waals surface area (Å²) in [6.45, 7) is 0. The molecule has 0 saturated carbocycles. The van der Waals surface area contributed by atoms with Crippen LogP contribution >= 0.6 is 0 Å². The molecule has 1 aromatic heterocycles. The topological polar surface area (TPSA) is 54.0 Å². The number of fused-ring (bicyclic) bond motifs is 3. The van der Waals surface area contributed by atoms with Crippen molar-refractivity contribution in [1.29, 1.82) is 5.26 Å². The van der Waals surface area contributed by atoms with E-state index in [1.165, 1.54) is 6.07 Å². The van der Waals surface area contributed by atoms with Crippen molar-refractivity contribution in [3.63, 3.8) is 0 Å². The second-order valence-corrected chi connectivity index (χ2v) is 3.75. The predicted molar refractivity (Wildman–Crippen MR) is 64.7 cm³/mol. The standard InChI is InChI=1S/C14H7NO2/c15-8-10-7-13(16)17-14-11-4-2-1-3-9(11)5-6-12(10)14/h1-7H. The van der Waals surface area contributed by atoms with E-state index in [1.807, 2.05) is 36.4 Å². The van der Waals surface area contributed by atoms with Crippen molar-refractivity contribution in [3.8, 4) is 6.07 Å². The second-order valence-electron chi connectivity index (χ2n) is 3.75. The van der Waals surface area contributed by atoms with E-state index in [-0.39, 0.29) is 0 Å². The minimum absolute atomic E-state index is 0.349. The van der Waals surface area contributed by atoms with Crippen molar-refractivity contribution < 1.29 is 4.42 Å². The lowest BCUT2D eigenvalue weighted by Gasteiger charge is -2.02. The molecular weight excluding hydrogens is 214 g/mol. The normalized spacial score (nSPS) is 10.5. The third-order valence-corrected chi connectivity index (χ3v) is 2.76. The lowest BCUT2D eigenvalue weighted by Crippen LogP contribution is -1.98. The van der Waals surface area contributed by atoms with Gasteiger partial charge in [-0.25, -0.2) is 4.79 Å².